The second-order valence-electron chi connectivity index (χ2n) is 5.72. The standard InChI is InChI=1S/C15H28N2S/c1-4-6-13(5-2)7-9-17-10-8-15-14(11-17)16(3)12-18-15/h13H,4-12H2,1-3H3/t13-/m1/s1. The Morgan fingerprint density at radius 3 is 2.83 bits per heavy atom. The average Bonchev–Trinajstić information content (AvgIpc) is 2.76. The number of nitrogens with zero attached hydrogens (tertiary/aromatic N) is 2. The second kappa shape index (κ2) is 6.85. The van der Waals surface area contributed by atoms with Gasteiger partial charge in [-0.15, -0.1) is 11.8 Å². The van der Waals surface area contributed by atoms with E-state index < -0.39 is 0 Å². The summed E-state index contributed by atoms with van der Waals surface area (Å²) in [5.74, 6) is 2.12. The molecule has 0 saturated heterocycles. The van der Waals surface area contributed by atoms with Crippen LogP contribution >= 0.6 is 11.8 Å². The van der Waals surface area contributed by atoms with E-state index in [1.165, 1.54) is 57.6 Å². The summed E-state index contributed by atoms with van der Waals surface area (Å²) in [5.41, 5.74) is 1.61. The molecule has 0 saturated carbocycles. The quantitative estimate of drug-likeness (QED) is 0.724. The normalized spacial score (nSPS) is 22.5. The van der Waals surface area contributed by atoms with Gasteiger partial charge in [0.1, 0.15) is 0 Å². The van der Waals surface area contributed by atoms with Crippen molar-refractivity contribution in [1.82, 2.24) is 9.80 Å². The number of hydrogen-bond donors (Lipinski definition) is 0. The van der Waals surface area contributed by atoms with Gasteiger partial charge in [0.25, 0.3) is 0 Å². The summed E-state index contributed by atoms with van der Waals surface area (Å²) in [7, 11) is 2.24. The highest BCUT2D eigenvalue weighted by Gasteiger charge is 2.26. The molecule has 2 aliphatic heterocycles. The molecule has 0 fully saturated rings. The molecule has 2 aliphatic rings. The van der Waals surface area contributed by atoms with E-state index >= 15 is 0 Å². The fourth-order valence-corrected chi connectivity index (χ4v) is 4.17. The molecular formula is C15H28N2S. The molecule has 0 unspecified atom stereocenters. The molecule has 2 nitrogen and oxygen atoms in total. The SMILES string of the molecule is CCC[C@@H](CC)CCN1CCC2=C(C1)N(C)CS2. The van der Waals surface area contributed by atoms with E-state index in [1.807, 2.05) is 0 Å². The second-order valence-corrected chi connectivity index (χ2v) is 6.76. The van der Waals surface area contributed by atoms with E-state index in [1.54, 1.807) is 10.6 Å². The summed E-state index contributed by atoms with van der Waals surface area (Å²) in [6.07, 6.45) is 6.78. The van der Waals surface area contributed by atoms with Gasteiger partial charge >= 0.3 is 0 Å². The maximum atomic E-state index is 2.67. The Bertz CT molecular complexity index is 301. The summed E-state index contributed by atoms with van der Waals surface area (Å²) < 4.78 is 0. The van der Waals surface area contributed by atoms with Crippen LogP contribution in [0.3, 0.4) is 0 Å². The Kier molecular flexibility index (Phi) is 5.43. The number of likely N-dealkylation sites (N-methyl/N-ethyl adjacent to an activating group) is 1. The van der Waals surface area contributed by atoms with Gasteiger partial charge in [0, 0.05) is 30.7 Å². The predicted octanol–water partition coefficient (Wildman–Crippen LogP) is 3.76. The van der Waals surface area contributed by atoms with Crippen LogP contribution in [-0.4, -0.2) is 42.4 Å². The van der Waals surface area contributed by atoms with Crippen LogP contribution in [0, 0.1) is 5.92 Å². The molecule has 0 bridgehead atoms. The van der Waals surface area contributed by atoms with Crippen LogP contribution in [0.25, 0.3) is 0 Å². The van der Waals surface area contributed by atoms with Gasteiger partial charge in [0.15, 0.2) is 0 Å². The van der Waals surface area contributed by atoms with Crippen molar-refractivity contribution >= 4 is 11.8 Å². The summed E-state index contributed by atoms with van der Waals surface area (Å²) in [4.78, 5) is 6.77. The van der Waals surface area contributed by atoms with E-state index in [0.29, 0.717) is 0 Å². The summed E-state index contributed by atoms with van der Waals surface area (Å²) in [6, 6.07) is 0. The molecule has 0 aromatic heterocycles. The fourth-order valence-electron chi connectivity index (χ4n) is 3.04. The lowest BCUT2D eigenvalue weighted by atomic mass is 9.96. The van der Waals surface area contributed by atoms with Gasteiger partial charge in [-0.3, -0.25) is 4.90 Å². The molecule has 104 valence electrons. The molecule has 0 aromatic rings. The van der Waals surface area contributed by atoms with Gasteiger partial charge in [-0.1, -0.05) is 33.1 Å². The Morgan fingerprint density at radius 1 is 1.28 bits per heavy atom. The van der Waals surface area contributed by atoms with Gasteiger partial charge in [0.2, 0.25) is 0 Å². The highest BCUT2D eigenvalue weighted by atomic mass is 32.2. The van der Waals surface area contributed by atoms with E-state index in [-0.39, 0.29) is 0 Å². The first-order valence-electron chi connectivity index (χ1n) is 7.52. The van der Waals surface area contributed by atoms with Crippen molar-refractivity contribution in [2.24, 2.45) is 5.92 Å². The summed E-state index contributed by atoms with van der Waals surface area (Å²) in [6.45, 7) is 8.43. The maximum Gasteiger partial charge on any atom is 0.0677 e. The molecule has 2 heterocycles. The molecule has 3 heteroatoms. The van der Waals surface area contributed by atoms with Gasteiger partial charge in [0.05, 0.1) is 5.88 Å². The van der Waals surface area contributed by atoms with Crippen LogP contribution in [0.15, 0.2) is 10.6 Å². The molecule has 18 heavy (non-hydrogen) atoms. The largest absolute Gasteiger partial charge is 0.367 e. The lowest BCUT2D eigenvalue weighted by Gasteiger charge is -2.31. The topological polar surface area (TPSA) is 6.48 Å². The van der Waals surface area contributed by atoms with E-state index in [2.05, 4.69) is 42.5 Å². The van der Waals surface area contributed by atoms with Crippen LogP contribution in [0.2, 0.25) is 0 Å². The van der Waals surface area contributed by atoms with Crippen molar-refractivity contribution in [3.8, 4) is 0 Å². The molecular weight excluding hydrogens is 240 g/mol. The summed E-state index contributed by atoms with van der Waals surface area (Å²) >= 11 is 2.05. The molecule has 0 amide bonds. The van der Waals surface area contributed by atoms with Crippen LogP contribution in [0.1, 0.15) is 46.0 Å². The van der Waals surface area contributed by atoms with Crippen molar-refractivity contribution in [1.29, 1.82) is 0 Å². The first kappa shape index (κ1) is 14.3. The predicted molar refractivity (Wildman–Crippen MR) is 81.6 cm³/mol. The highest BCUT2D eigenvalue weighted by molar-refractivity contribution is 8.03. The minimum atomic E-state index is 0.945. The number of rotatable bonds is 6. The van der Waals surface area contributed by atoms with Crippen molar-refractivity contribution in [3.05, 3.63) is 10.6 Å². The first-order chi connectivity index (χ1) is 8.74. The molecule has 0 spiro atoms. The molecule has 0 aliphatic carbocycles. The zero-order valence-corrected chi connectivity index (χ0v) is 13.1. The van der Waals surface area contributed by atoms with E-state index in [9.17, 15) is 0 Å². The van der Waals surface area contributed by atoms with Crippen molar-refractivity contribution in [2.75, 3.05) is 32.6 Å². The van der Waals surface area contributed by atoms with Gasteiger partial charge in [-0.05, 0) is 25.3 Å². The lowest BCUT2D eigenvalue weighted by molar-refractivity contribution is 0.238. The monoisotopic (exact) mass is 268 g/mol. The van der Waals surface area contributed by atoms with Crippen LogP contribution in [0.5, 0.6) is 0 Å². The lowest BCUT2D eigenvalue weighted by Crippen LogP contribution is -2.35. The van der Waals surface area contributed by atoms with Crippen molar-refractivity contribution < 1.29 is 0 Å². The third-order valence-electron chi connectivity index (χ3n) is 4.37. The minimum absolute atomic E-state index is 0.945. The van der Waals surface area contributed by atoms with Crippen molar-refractivity contribution in [3.63, 3.8) is 0 Å². The Balaban J connectivity index is 1.78. The first-order valence-corrected chi connectivity index (χ1v) is 8.51. The maximum absolute atomic E-state index is 2.67. The third-order valence-corrected chi connectivity index (χ3v) is 5.68. The molecule has 2 rings (SSSR count). The highest BCUT2D eigenvalue weighted by Crippen LogP contribution is 2.36. The Morgan fingerprint density at radius 2 is 2.11 bits per heavy atom. The van der Waals surface area contributed by atoms with Gasteiger partial charge in [-0.2, -0.15) is 0 Å². The fraction of sp³-hybridized carbons (Fsp3) is 0.867. The smallest absolute Gasteiger partial charge is 0.0677 e. The van der Waals surface area contributed by atoms with E-state index in [4.69, 9.17) is 0 Å². The summed E-state index contributed by atoms with van der Waals surface area (Å²) in [5, 5.41) is 0. The van der Waals surface area contributed by atoms with E-state index in [0.717, 1.165) is 5.92 Å². The third kappa shape index (κ3) is 3.45. The van der Waals surface area contributed by atoms with Crippen molar-refractivity contribution in [2.45, 2.75) is 46.0 Å². The van der Waals surface area contributed by atoms with Gasteiger partial charge < -0.3 is 4.90 Å². The Hall–Kier alpha value is -0.150. The zero-order valence-electron chi connectivity index (χ0n) is 12.2. The molecule has 1 atom stereocenters. The molecule has 0 N–H and O–H groups in total. The number of thioether (sulfide) groups is 1. The minimum Gasteiger partial charge on any atom is -0.367 e. The number of hydrogen-bond acceptors (Lipinski definition) is 3. The molecule has 0 aromatic carbocycles. The van der Waals surface area contributed by atoms with Crippen LogP contribution < -0.4 is 0 Å². The van der Waals surface area contributed by atoms with Gasteiger partial charge in [-0.25, -0.2) is 0 Å². The Labute approximate surface area is 117 Å². The van der Waals surface area contributed by atoms with Crippen LogP contribution in [0.4, 0.5) is 0 Å². The average molecular weight is 268 g/mol. The van der Waals surface area contributed by atoms with Crippen LogP contribution in [-0.2, 0) is 0 Å². The molecule has 0 radical (unpaired) electrons. The zero-order chi connectivity index (χ0) is 13.0.